The first kappa shape index (κ1) is 14.9. The fourth-order valence-corrected chi connectivity index (χ4v) is 7.67. The Bertz CT molecular complexity index is 592. The van der Waals surface area contributed by atoms with E-state index >= 15 is 0 Å². The quantitative estimate of drug-likeness (QED) is 0.589. The molecule has 0 aromatic carbocycles. The Balaban J connectivity index is 1.60. The Labute approximate surface area is 143 Å². The Hall–Kier alpha value is -0.380. The van der Waals surface area contributed by atoms with Gasteiger partial charge in [-0.2, -0.15) is 0 Å². The second-order valence-electron chi connectivity index (χ2n) is 9.06. The van der Waals surface area contributed by atoms with Gasteiger partial charge in [0.05, 0.1) is 6.10 Å². The summed E-state index contributed by atoms with van der Waals surface area (Å²) in [7, 11) is 0. The van der Waals surface area contributed by atoms with Crippen molar-refractivity contribution in [3.63, 3.8) is 0 Å². The van der Waals surface area contributed by atoms with E-state index in [2.05, 4.69) is 31.3 Å². The SMILES string of the molecule is C[C@]12C=CC3N[C@@H]1CC[C@@H]1[C@@H]2C(C[C@]2(C)[C@@H](C(=O)Cl)CC[C@@H]12)O3. The molecule has 1 N–H and O–H groups in total. The molecule has 3 heterocycles. The first-order valence-corrected chi connectivity index (χ1v) is 9.61. The number of carbonyl (C=O) groups excluding carboxylic acids is 1. The lowest BCUT2D eigenvalue weighted by molar-refractivity contribution is -0.146. The number of hydrogen-bond acceptors (Lipinski definition) is 3. The molecule has 0 spiro atoms. The Morgan fingerprint density at radius 1 is 1.26 bits per heavy atom. The maximum atomic E-state index is 12.0. The molecule has 3 aliphatic carbocycles. The zero-order valence-electron chi connectivity index (χ0n) is 13.9. The van der Waals surface area contributed by atoms with Crippen LogP contribution in [-0.4, -0.2) is 23.6 Å². The van der Waals surface area contributed by atoms with Crippen LogP contribution >= 0.6 is 11.6 Å². The number of nitrogens with one attached hydrogen (secondary N) is 1. The molecule has 3 saturated carbocycles. The topological polar surface area (TPSA) is 38.3 Å². The minimum atomic E-state index is -0.124. The first-order chi connectivity index (χ1) is 10.9. The monoisotopic (exact) mass is 335 g/mol. The van der Waals surface area contributed by atoms with Gasteiger partial charge in [-0.05, 0) is 72.9 Å². The molecule has 4 fully saturated rings. The molecule has 6 rings (SSSR count). The number of fused-ring (bicyclic) bond motifs is 2. The Morgan fingerprint density at radius 2 is 2.09 bits per heavy atom. The molecule has 0 aromatic heterocycles. The maximum Gasteiger partial charge on any atom is 0.225 e. The molecule has 3 aliphatic heterocycles. The summed E-state index contributed by atoms with van der Waals surface area (Å²) < 4.78 is 6.50. The van der Waals surface area contributed by atoms with E-state index in [1.165, 1.54) is 12.8 Å². The molecule has 0 radical (unpaired) electrons. The van der Waals surface area contributed by atoms with Crippen molar-refractivity contribution in [2.75, 3.05) is 0 Å². The molecule has 126 valence electrons. The Kier molecular flexibility index (Phi) is 3.00. The van der Waals surface area contributed by atoms with Gasteiger partial charge in [-0.15, -0.1) is 0 Å². The molecule has 0 aromatic rings. The third kappa shape index (κ3) is 1.77. The molecule has 2 unspecified atom stereocenters. The van der Waals surface area contributed by atoms with Crippen molar-refractivity contribution in [2.45, 2.75) is 64.3 Å². The van der Waals surface area contributed by atoms with Crippen LogP contribution in [0.2, 0.25) is 0 Å². The zero-order chi connectivity index (χ0) is 16.0. The minimum absolute atomic E-state index is 0.0195. The van der Waals surface area contributed by atoms with E-state index in [-0.39, 0.29) is 34.3 Å². The van der Waals surface area contributed by atoms with Crippen LogP contribution in [0.15, 0.2) is 12.2 Å². The standard InChI is InChI=1S/C19H26ClNO2/c1-18-8-7-15-21-14(18)6-3-10-11-4-5-12(17(20)22)19(11,2)9-13(23-15)16(10)18/h7-8,10-16,21H,3-6,9H2,1-2H3/t10-,11-,12+,13?,14+,15?,16+,18-,19-/m0/s1. The van der Waals surface area contributed by atoms with Gasteiger partial charge >= 0.3 is 0 Å². The normalized spacial score (nSPS) is 59.5. The van der Waals surface area contributed by atoms with E-state index in [0.717, 1.165) is 19.3 Å². The molecule has 0 amide bonds. The van der Waals surface area contributed by atoms with E-state index in [1.54, 1.807) is 0 Å². The van der Waals surface area contributed by atoms with Crippen LogP contribution in [0, 0.1) is 34.5 Å². The molecule has 6 aliphatic rings. The number of ether oxygens (including phenoxy) is 1. The lowest BCUT2D eigenvalue weighted by atomic mass is 9.47. The van der Waals surface area contributed by atoms with Gasteiger partial charge in [0, 0.05) is 17.4 Å². The summed E-state index contributed by atoms with van der Waals surface area (Å²) in [4.78, 5) is 12.0. The number of rotatable bonds is 1. The molecule has 4 bridgehead atoms. The van der Waals surface area contributed by atoms with Crippen LogP contribution in [0.3, 0.4) is 0 Å². The summed E-state index contributed by atoms with van der Waals surface area (Å²) in [5.74, 6) is 1.90. The van der Waals surface area contributed by atoms with E-state index in [4.69, 9.17) is 16.3 Å². The zero-order valence-corrected chi connectivity index (χ0v) is 14.7. The van der Waals surface area contributed by atoms with Crippen LogP contribution in [0.25, 0.3) is 0 Å². The van der Waals surface area contributed by atoms with Crippen molar-refractivity contribution in [3.05, 3.63) is 12.2 Å². The van der Waals surface area contributed by atoms with Crippen molar-refractivity contribution >= 4 is 16.8 Å². The summed E-state index contributed by atoms with van der Waals surface area (Å²) in [6.45, 7) is 4.74. The van der Waals surface area contributed by atoms with Crippen LogP contribution in [-0.2, 0) is 9.53 Å². The molecule has 3 nitrogen and oxygen atoms in total. The van der Waals surface area contributed by atoms with Gasteiger partial charge in [0.2, 0.25) is 5.24 Å². The smallest absolute Gasteiger partial charge is 0.225 e. The van der Waals surface area contributed by atoms with E-state index in [9.17, 15) is 4.79 Å². The summed E-state index contributed by atoms with van der Waals surface area (Å²) in [5.41, 5.74) is 0.225. The van der Waals surface area contributed by atoms with Gasteiger partial charge in [-0.3, -0.25) is 10.1 Å². The third-order valence-electron chi connectivity index (χ3n) is 8.28. The highest BCUT2D eigenvalue weighted by molar-refractivity contribution is 6.64. The second kappa shape index (κ2) is 4.62. The highest BCUT2D eigenvalue weighted by Gasteiger charge is 2.65. The molecular weight excluding hydrogens is 310 g/mol. The van der Waals surface area contributed by atoms with E-state index < -0.39 is 0 Å². The largest absolute Gasteiger partial charge is 0.356 e. The van der Waals surface area contributed by atoms with Gasteiger partial charge < -0.3 is 4.74 Å². The van der Waals surface area contributed by atoms with Gasteiger partial charge in [-0.1, -0.05) is 19.9 Å². The van der Waals surface area contributed by atoms with Crippen LogP contribution in [0.4, 0.5) is 0 Å². The summed E-state index contributed by atoms with van der Waals surface area (Å²) in [6.07, 6.45) is 10.6. The van der Waals surface area contributed by atoms with Crippen molar-refractivity contribution in [1.82, 2.24) is 5.32 Å². The predicted octanol–water partition coefficient (Wildman–Crippen LogP) is 3.47. The minimum Gasteiger partial charge on any atom is -0.356 e. The van der Waals surface area contributed by atoms with Crippen molar-refractivity contribution < 1.29 is 9.53 Å². The summed E-state index contributed by atoms with van der Waals surface area (Å²) >= 11 is 5.99. The van der Waals surface area contributed by atoms with Gasteiger partial charge in [-0.25, -0.2) is 0 Å². The van der Waals surface area contributed by atoms with E-state index in [0.29, 0.717) is 23.8 Å². The molecule has 23 heavy (non-hydrogen) atoms. The maximum absolute atomic E-state index is 12.0. The van der Waals surface area contributed by atoms with Gasteiger partial charge in [0.25, 0.3) is 0 Å². The van der Waals surface area contributed by atoms with Crippen molar-refractivity contribution in [1.29, 1.82) is 0 Å². The average molecular weight is 336 g/mol. The van der Waals surface area contributed by atoms with Crippen LogP contribution < -0.4 is 5.32 Å². The van der Waals surface area contributed by atoms with Crippen molar-refractivity contribution in [3.8, 4) is 0 Å². The Morgan fingerprint density at radius 3 is 2.87 bits per heavy atom. The third-order valence-corrected chi connectivity index (χ3v) is 8.54. The number of halogens is 1. The summed E-state index contributed by atoms with van der Waals surface area (Å²) in [5, 5.41) is 3.59. The molecule has 4 heteroatoms. The van der Waals surface area contributed by atoms with Gasteiger partial charge in [0.15, 0.2) is 0 Å². The number of hydrogen-bond donors (Lipinski definition) is 1. The molecule has 9 atom stereocenters. The fourth-order valence-electron chi connectivity index (χ4n) is 7.31. The average Bonchev–Trinajstić information content (AvgIpc) is 2.74. The summed E-state index contributed by atoms with van der Waals surface area (Å²) in [6, 6.07) is 0.542. The van der Waals surface area contributed by atoms with Crippen LogP contribution in [0.1, 0.15) is 46.0 Å². The van der Waals surface area contributed by atoms with Crippen molar-refractivity contribution in [2.24, 2.45) is 34.5 Å². The molecular formula is C19H26ClNO2. The number of carbonyl (C=O) groups is 1. The van der Waals surface area contributed by atoms with Crippen LogP contribution in [0.5, 0.6) is 0 Å². The van der Waals surface area contributed by atoms with E-state index in [1.807, 2.05) is 0 Å². The molecule has 1 saturated heterocycles. The predicted molar refractivity (Wildman–Crippen MR) is 88.8 cm³/mol. The lowest BCUT2D eigenvalue weighted by Gasteiger charge is -2.59. The highest BCUT2D eigenvalue weighted by Crippen LogP contribution is 2.66. The van der Waals surface area contributed by atoms with Gasteiger partial charge in [0.1, 0.15) is 6.23 Å². The first-order valence-electron chi connectivity index (χ1n) is 9.24. The highest BCUT2D eigenvalue weighted by atomic mass is 35.5. The second-order valence-corrected chi connectivity index (χ2v) is 9.43. The fraction of sp³-hybridized carbons (Fsp3) is 0.842. The lowest BCUT2D eigenvalue weighted by Crippen LogP contribution is -2.60.